The topological polar surface area (TPSA) is 65.2 Å². The Labute approximate surface area is 199 Å². The average Bonchev–Trinajstić information content (AvgIpc) is 2.65. The van der Waals surface area contributed by atoms with Crippen LogP contribution in [0, 0.1) is 41.5 Å². The van der Waals surface area contributed by atoms with Crippen LogP contribution in [0.5, 0.6) is 0 Å². The summed E-state index contributed by atoms with van der Waals surface area (Å²) in [5.74, 6) is 0.504. The average molecular weight is 447 g/mol. The maximum atomic E-state index is 10.6. The fourth-order valence-electron chi connectivity index (χ4n) is 4.38. The lowest BCUT2D eigenvalue weighted by Crippen LogP contribution is -1.99. The van der Waals surface area contributed by atoms with Gasteiger partial charge >= 0.3 is 0 Å². The van der Waals surface area contributed by atoms with E-state index in [1.165, 1.54) is 11.1 Å². The molecule has 0 aliphatic carbocycles. The first-order valence-electron chi connectivity index (χ1n) is 11.5. The number of rotatable bonds is 8. The Morgan fingerprint density at radius 2 is 0.939 bits per heavy atom. The summed E-state index contributed by atoms with van der Waals surface area (Å²) >= 11 is 0. The van der Waals surface area contributed by atoms with Crippen LogP contribution in [0.25, 0.3) is 11.5 Å². The molecule has 0 fully saturated rings. The number of hydrogen-bond acceptors (Lipinski definition) is 4. The van der Waals surface area contributed by atoms with Gasteiger partial charge in [0, 0.05) is 47.8 Å². The van der Waals surface area contributed by atoms with Gasteiger partial charge in [0.15, 0.2) is 0 Å². The Balaban J connectivity index is 1.97. The lowest BCUT2D eigenvalue weighted by Gasteiger charge is -2.10. The molecule has 176 valence electrons. The van der Waals surface area contributed by atoms with E-state index in [0.29, 0.717) is 13.1 Å². The van der Waals surface area contributed by atoms with E-state index in [0.717, 1.165) is 51.2 Å². The molecule has 0 spiro atoms. The summed E-state index contributed by atoms with van der Waals surface area (Å²) in [5, 5.41) is 21.2. The summed E-state index contributed by atoms with van der Waals surface area (Å²) < 4.78 is 0. The second-order valence-corrected chi connectivity index (χ2v) is 9.01. The molecule has 0 bridgehead atoms. The van der Waals surface area contributed by atoms with Crippen LogP contribution < -0.4 is 0 Å². The minimum Gasteiger partial charge on any atom is -0.507 e. The molecule has 0 saturated heterocycles. The molecule has 0 radical (unpaired) electrons. The SMILES string of the molecule is CC(/C=C(\O)c1c(C)cc(C)cc1C)=N\CCC/N=C(C)/C=C(\O)c1c(C)cc(C)cc1C. The number of benzene rings is 2. The van der Waals surface area contributed by atoms with Crippen LogP contribution in [0.15, 0.2) is 46.4 Å². The summed E-state index contributed by atoms with van der Waals surface area (Å²) in [6.45, 7) is 17.2. The highest BCUT2D eigenvalue weighted by Gasteiger charge is 2.09. The number of aliphatic imine (C=N–C) groups is 2. The van der Waals surface area contributed by atoms with Crippen LogP contribution in [0.4, 0.5) is 0 Å². The summed E-state index contributed by atoms with van der Waals surface area (Å²) in [4.78, 5) is 9.10. The number of aliphatic hydroxyl groups is 2. The Morgan fingerprint density at radius 1 is 0.636 bits per heavy atom. The smallest absolute Gasteiger partial charge is 0.125 e. The first-order chi connectivity index (χ1) is 15.5. The number of hydrogen-bond donors (Lipinski definition) is 2. The third-order valence-corrected chi connectivity index (χ3v) is 5.60. The maximum absolute atomic E-state index is 10.6. The van der Waals surface area contributed by atoms with Gasteiger partial charge in [-0.05, 0) is 84.1 Å². The molecule has 4 heteroatoms. The molecule has 0 saturated carbocycles. The van der Waals surface area contributed by atoms with E-state index in [-0.39, 0.29) is 11.5 Å². The first kappa shape index (κ1) is 26.1. The van der Waals surface area contributed by atoms with Crippen molar-refractivity contribution in [3.8, 4) is 0 Å². The van der Waals surface area contributed by atoms with Gasteiger partial charge in [0.2, 0.25) is 0 Å². The molecule has 0 aliphatic rings. The Bertz CT molecular complexity index is 999. The van der Waals surface area contributed by atoms with Gasteiger partial charge in [-0.1, -0.05) is 35.4 Å². The second-order valence-electron chi connectivity index (χ2n) is 9.01. The predicted molar refractivity (Wildman–Crippen MR) is 143 cm³/mol. The van der Waals surface area contributed by atoms with Gasteiger partial charge in [-0.2, -0.15) is 0 Å². The lowest BCUT2D eigenvalue weighted by molar-refractivity contribution is 0.510. The molecule has 0 atom stereocenters. The van der Waals surface area contributed by atoms with Gasteiger partial charge in [0.05, 0.1) is 0 Å². The number of aryl methyl sites for hydroxylation is 6. The summed E-state index contributed by atoms with van der Waals surface area (Å²) in [6, 6.07) is 8.31. The van der Waals surface area contributed by atoms with Crippen LogP contribution in [0.1, 0.15) is 64.8 Å². The fraction of sp³-hybridized carbons (Fsp3) is 0.379. The van der Waals surface area contributed by atoms with Gasteiger partial charge in [0.1, 0.15) is 11.5 Å². The van der Waals surface area contributed by atoms with Crippen molar-refractivity contribution in [1.82, 2.24) is 0 Å². The second kappa shape index (κ2) is 11.6. The molecule has 0 heterocycles. The Kier molecular flexibility index (Phi) is 9.22. The van der Waals surface area contributed by atoms with Crippen molar-refractivity contribution in [3.05, 3.63) is 80.9 Å². The van der Waals surface area contributed by atoms with E-state index in [1.807, 2.05) is 41.5 Å². The normalized spacial score (nSPS) is 13.6. The lowest BCUT2D eigenvalue weighted by atomic mass is 9.98. The van der Waals surface area contributed by atoms with E-state index in [9.17, 15) is 10.2 Å². The van der Waals surface area contributed by atoms with Crippen molar-refractivity contribution in [2.24, 2.45) is 9.98 Å². The van der Waals surface area contributed by atoms with E-state index in [4.69, 9.17) is 0 Å². The van der Waals surface area contributed by atoms with Crippen molar-refractivity contribution in [1.29, 1.82) is 0 Å². The minimum atomic E-state index is 0.252. The number of aliphatic hydroxyl groups excluding tert-OH is 2. The number of allylic oxidation sites excluding steroid dienone is 2. The first-order valence-corrected chi connectivity index (χ1v) is 11.5. The Morgan fingerprint density at radius 3 is 1.24 bits per heavy atom. The van der Waals surface area contributed by atoms with Crippen molar-refractivity contribution in [2.45, 2.75) is 61.8 Å². The quantitative estimate of drug-likeness (QED) is 0.253. The van der Waals surface area contributed by atoms with Crippen LogP contribution in [-0.4, -0.2) is 34.7 Å². The van der Waals surface area contributed by atoms with E-state index < -0.39 is 0 Å². The molecule has 33 heavy (non-hydrogen) atoms. The fourth-order valence-corrected chi connectivity index (χ4v) is 4.38. The zero-order valence-electron chi connectivity index (χ0n) is 21.4. The van der Waals surface area contributed by atoms with Crippen molar-refractivity contribution < 1.29 is 10.2 Å². The van der Waals surface area contributed by atoms with Crippen molar-refractivity contribution in [3.63, 3.8) is 0 Å². The molecule has 2 aromatic rings. The van der Waals surface area contributed by atoms with Gasteiger partial charge in [-0.25, -0.2) is 0 Å². The highest BCUT2D eigenvalue weighted by atomic mass is 16.3. The largest absolute Gasteiger partial charge is 0.507 e. The molecule has 0 unspecified atom stereocenters. The summed E-state index contributed by atoms with van der Waals surface area (Å²) in [5.41, 5.74) is 9.95. The predicted octanol–water partition coefficient (Wildman–Crippen LogP) is 7.35. The third-order valence-electron chi connectivity index (χ3n) is 5.60. The van der Waals surface area contributed by atoms with E-state index >= 15 is 0 Å². The van der Waals surface area contributed by atoms with Gasteiger partial charge < -0.3 is 10.2 Å². The summed E-state index contributed by atoms with van der Waals surface area (Å²) in [6.07, 6.45) is 4.25. The Hall–Kier alpha value is -3.14. The summed E-state index contributed by atoms with van der Waals surface area (Å²) in [7, 11) is 0. The maximum Gasteiger partial charge on any atom is 0.125 e. The van der Waals surface area contributed by atoms with Crippen molar-refractivity contribution in [2.75, 3.05) is 13.1 Å². The number of nitrogens with zero attached hydrogens (tertiary/aromatic N) is 2. The highest BCUT2D eigenvalue weighted by Crippen LogP contribution is 2.24. The van der Waals surface area contributed by atoms with Crippen LogP contribution >= 0.6 is 0 Å². The monoisotopic (exact) mass is 446 g/mol. The molecule has 2 aromatic carbocycles. The van der Waals surface area contributed by atoms with E-state index in [1.54, 1.807) is 12.2 Å². The highest BCUT2D eigenvalue weighted by molar-refractivity contribution is 5.99. The van der Waals surface area contributed by atoms with Crippen LogP contribution in [-0.2, 0) is 0 Å². The molecule has 4 nitrogen and oxygen atoms in total. The van der Waals surface area contributed by atoms with Gasteiger partial charge in [-0.15, -0.1) is 0 Å². The van der Waals surface area contributed by atoms with Gasteiger partial charge in [0.25, 0.3) is 0 Å². The molecule has 2 N–H and O–H groups in total. The standard InChI is InChI=1S/C29H38N2O2/c1-18-12-20(3)28(21(4)13-18)26(32)16-24(7)30-10-9-11-31-25(8)17-27(33)29-22(5)14-19(2)15-23(29)6/h12-17,32-33H,9-11H2,1-8H3/b26-16-,27-17-,30-24+,31-25+. The zero-order chi connectivity index (χ0) is 24.7. The van der Waals surface area contributed by atoms with Crippen LogP contribution in [0.3, 0.4) is 0 Å². The third kappa shape index (κ3) is 7.45. The minimum absolute atomic E-state index is 0.252. The zero-order valence-corrected chi connectivity index (χ0v) is 21.4. The van der Waals surface area contributed by atoms with Gasteiger partial charge in [-0.3, -0.25) is 9.98 Å². The van der Waals surface area contributed by atoms with E-state index in [2.05, 4.69) is 48.1 Å². The molecular weight excluding hydrogens is 408 g/mol. The van der Waals surface area contributed by atoms with Crippen LogP contribution in [0.2, 0.25) is 0 Å². The molecular formula is C29H38N2O2. The molecule has 0 aromatic heterocycles. The molecule has 0 amide bonds. The van der Waals surface area contributed by atoms with Crippen molar-refractivity contribution >= 4 is 22.9 Å². The molecule has 2 rings (SSSR count). The molecule has 0 aliphatic heterocycles.